The van der Waals surface area contributed by atoms with Crippen molar-refractivity contribution in [3.8, 4) is 0 Å². The Labute approximate surface area is 465 Å². The third-order valence-electron chi connectivity index (χ3n) is 13.9. The summed E-state index contributed by atoms with van der Waals surface area (Å²) in [7, 11) is 0. The second-order valence-corrected chi connectivity index (χ2v) is 21.3. The molecule has 0 fully saturated rings. The van der Waals surface area contributed by atoms with Gasteiger partial charge in [-0.25, -0.2) is 0 Å². The normalized spacial score (nSPS) is 12.6. The van der Waals surface area contributed by atoms with Crippen LogP contribution in [0.25, 0.3) is 0 Å². The first-order valence-corrected chi connectivity index (χ1v) is 32.1. The van der Waals surface area contributed by atoms with Gasteiger partial charge in [0.05, 0.1) is 0 Å². The maximum absolute atomic E-state index is 12.9. The minimum atomic E-state index is -0.797. The largest absolute Gasteiger partial charge is 0.462 e. The monoisotopic (exact) mass is 1040 g/mol. The van der Waals surface area contributed by atoms with E-state index in [1.807, 2.05) is 0 Å². The van der Waals surface area contributed by atoms with Crippen LogP contribution >= 0.6 is 0 Å². The van der Waals surface area contributed by atoms with Gasteiger partial charge in [0.1, 0.15) is 13.2 Å². The highest BCUT2D eigenvalue weighted by molar-refractivity contribution is 5.71. The van der Waals surface area contributed by atoms with E-state index in [2.05, 4.69) is 106 Å². The highest BCUT2D eigenvalue weighted by Crippen LogP contribution is 2.16. The molecule has 0 aromatic heterocycles. The molecule has 0 bridgehead atoms. The second kappa shape index (κ2) is 63.1. The van der Waals surface area contributed by atoms with E-state index in [0.717, 1.165) is 109 Å². The van der Waals surface area contributed by atoms with Crippen LogP contribution in [0.15, 0.2) is 85.1 Å². The zero-order valence-electron chi connectivity index (χ0n) is 49.6. The fourth-order valence-electron chi connectivity index (χ4n) is 9.05. The molecule has 1 atom stereocenters. The lowest BCUT2D eigenvalue weighted by molar-refractivity contribution is -0.167. The number of allylic oxidation sites excluding steroid dienone is 14. The quantitative estimate of drug-likeness (QED) is 0.0261. The minimum absolute atomic E-state index is 0.0910. The van der Waals surface area contributed by atoms with Crippen LogP contribution in [0.2, 0.25) is 0 Å². The molecule has 75 heavy (non-hydrogen) atoms. The molecular formula is C69H120O6. The molecule has 0 saturated carbocycles. The summed E-state index contributed by atoms with van der Waals surface area (Å²) in [6.07, 6.45) is 83.1. The molecule has 6 heteroatoms. The Bertz CT molecular complexity index is 1430. The number of hydrogen-bond donors (Lipinski definition) is 0. The number of carbonyl (C=O) groups excluding carboxylic acids is 3. The van der Waals surface area contributed by atoms with Crippen molar-refractivity contribution in [1.29, 1.82) is 0 Å². The average molecular weight is 1050 g/mol. The van der Waals surface area contributed by atoms with Crippen molar-refractivity contribution in [3.05, 3.63) is 85.1 Å². The summed E-state index contributed by atoms with van der Waals surface area (Å²) in [6, 6.07) is 0. The van der Waals surface area contributed by atoms with Crippen molar-refractivity contribution in [1.82, 2.24) is 0 Å². The molecule has 0 rings (SSSR count). The lowest BCUT2D eigenvalue weighted by Crippen LogP contribution is -2.30. The van der Waals surface area contributed by atoms with Crippen molar-refractivity contribution >= 4 is 17.9 Å². The molecule has 0 spiro atoms. The summed E-state index contributed by atoms with van der Waals surface area (Å²) in [5, 5.41) is 0. The number of hydrogen-bond acceptors (Lipinski definition) is 6. The zero-order valence-corrected chi connectivity index (χ0v) is 49.6. The summed E-state index contributed by atoms with van der Waals surface area (Å²) in [5.41, 5.74) is 0. The number of unbranched alkanes of at least 4 members (excludes halogenated alkanes) is 33. The van der Waals surface area contributed by atoms with Gasteiger partial charge >= 0.3 is 17.9 Å². The molecule has 0 aliphatic rings. The van der Waals surface area contributed by atoms with E-state index in [4.69, 9.17) is 14.2 Å². The van der Waals surface area contributed by atoms with Gasteiger partial charge in [-0.2, -0.15) is 0 Å². The molecular weight excluding hydrogens is 925 g/mol. The highest BCUT2D eigenvalue weighted by Gasteiger charge is 2.19. The van der Waals surface area contributed by atoms with Gasteiger partial charge < -0.3 is 14.2 Å². The highest BCUT2D eigenvalue weighted by atomic mass is 16.6. The number of esters is 3. The zero-order chi connectivity index (χ0) is 54.3. The minimum Gasteiger partial charge on any atom is -0.462 e. The third-order valence-corrected chi connectivity index (χ3v) is 13.9. The van der Waals surface area contributed by atoms with Gasteiger partial charge in [-0.1, -0.05) is 266 Å². The Kier molecular flexibility index (Phi) is 60.3. The van der Waals surface area contributed by atoms with Crippen LogP contribution in [0.1, 0.15) is 316 Å². The topological polar surface area (TPSA) is 78.9 Å². The molecule has 0 saturated heterocycles. The first-order chi connectivity index (χ1) is 37.0. The van der Waals surface area contributed by atoms with Crippen LogP contribution in [-0.2, 0) is 28.6 Å². The maximum Gasteiger partial charge on any atom is 0.306 e. The standard InChI is InChI=1S/C69H120O6/c1-4-7-10-13-16-19-22-25-27-29-31-33-34-36-37-39-41-44-47-50-53-56-59-62-68(71)74-65-66(64-73-67(70)61-58-55-52-49-46-43-24-21-18-15-12-9-6-3)75-69(72)63-60-57-54-51-48-45-42-40-38-35-32-30-28-26-23-20-17-14-11-8-5-2/h9,12,18,21,23,26,29-32,38,40,43,46,66H,4-8,10-11,13-17,19-20,22,24-25,27-28,33-37,39,41-42,44-45,47-65H2,1-3H3/b12-9-,21-18-,26-23-,31-29-,32-30-,40-38-,46-43-. The Morgan fingerprint density at radius 1 is 0.280 bits per heavy atom. The molecule has 6 nitrogen and oxygen atoms in total. The van der Waals surface area contributed by atoms with Gasteiger partial charge in [0, 0.05) is 19.3 Å². The van der Waals surface area contributed by atoms with Crippen molar-refractivity contribution in [3.63, 3.8) is 0 Å². The molecule has 0 amide bonds. The van der Waals surface area contributed by atoms with E-state index < -0.39 is 6.10 Å². The molecule has 0 aliphatic heterocycles. The van der Waals surface area contributed by atoms with Gasteiger partial charge in [-0.05, 0) is 116 Å². The van der Waals surface area contributed by atoms with E-state index >= 15 is 0 Å². The summed E-state index contributed by atoms with van der Waals surface area (Å²) < 4.78 is 16.9. The number of carbonyl (C=O) groups is 3. The first kappa shape index (κ1) is 71.6. The summed E-state index contributed by atoms with van der Waals surface area (Å²) in [5.74, 6) is -0.925. The summed E-state index contributed by atoms with van der Waals surface area (Å²) >= 11 is 0. The van der Waals surface area contributed by atoms with Gasteiger partial charge in [-0.15, -0.1) is 0 Å². The SMILES string of the molecule is CC/C=C\C/C=C\C/C=C\CCCCCC(=O)OCC(COC(=O)CCCCCCCCCCCCC/C=C\CCCCCCCCCC)OC(=O)CCCCCCCC/C=C\C/C=C\C/C=C\CCCCCCC. The number of ether oxygens (including phenoxy) is 3. The van der Waals surface area contributed by atoms with Crippen LogP contribution < -0.4 is 0 Å². The molecule has 0 heterocycles. The van der Waals surface area contributed by atoms with Gasteiger partial charge in [0.15, 0.2) is 6.10 Å². The van der Waals surface area contributed by atoms with E-state index in [0.29, 0.717) is 19.3 Å². The molecule has 432 valence electrons. The first-order valence-electron chi connectivity index (χ1n) is 32.1. The van der Waals surface area contributed by atoms with Crippen LogP contribution in [0, 0.1) is 0 Å². The molecule has 0 aromatic rings. The van der Waals surface area contributed by atoms with Gasteiger partial charge in [0.25, 0.3) is 0 Å². The maximum atomic E-state index is 12.9. The van der Waals surface area contributed by atoms with Crippen LogP contribution in [-0.4, -0.2) is 37.2 Å². The predicted octanol–water partition coefficient (Wildman–Crippen LogP) is 21.9. The molecule has 1 unspecified atom stereocenters. The summed E-state index contributed by atoms with van der Waals surface area (Å²) in [6.45, 7) is 6.51. The third kappa shape index (κ3) is 61.3. The predicted molar refractivity (Wildman–Crippen MR) is 325 cm³/mol. The molecule has 0 aliphatic carbocycles. The lowest BCUT2D eigenvalue weighted by atomic mass is 10.0. The second-order valence-electron chi connectivity index (χ2n) is 21.3. The number of rotatable bonds is 58. The molecule has 0 radical (unpaired) electrons. The Balaban J connectivity index is 4.36. The Morgan fingerprint density at radius 2 is 0.520 bits per heavy atom. The Hall–Kier alpha value is -3.41. The van der Waals surface area contributed by atoms with Crippen LogP contribution in [0.3, 0.4) is 0 Å². The summed E-state index contributed by atoms with van der Waals surface area (Å²) in [4.78, 5) is 38.3. The van der Waals surface area contributed by atoms with E-state index in [1.54, 1.807) is 0 Å². The van der Waals surface area contributed by atoms with Gasteiger partial charge in [-0.3, -0.25) is 14.4 Å². The van der Waals surface area contributed by atoms with Gasteiger partial charge in [0.2, 0.25) is 0 Å². The van der Waals surface area contributed by atoms with E-state index in [-0.39, 0.29) is 31.1 Å². The van der Waals surface area contributed by atoms with E-state index in [1.165, 1.54) is 167 Å². The lowest BCUT2D eigenvalue weighted by Gasteiger charge is -2.18. The fraction of sp³-hybridized carbons (Fsp3) is 0.754. The smallest absolute Gasteiger partial charge is 0.306 e. The van der Waals surface area contributed by atoms with Crippen molar-refractivity contribution < 1.29 is 28.6 Å². The average Bonchev–Trinajstić information content (AvgIpc) is 3.41. The van der Waals surface area contributed by atoms with Crippen LogP contribution in [0.5, 0.6) is 0 Å². The van der Waals surface area contributed by atoms with Crippen molar-refractivity contribution in [2.45, 2.75) is 322 Å². The van der Waals surface area contributed by atoms with E-state index in [9.17, 15) is 14.4 Å². The van der Waals surface area contributed by atoms with Crippen molar-refractivity contribution in [2.75, 3.05) is 13.2 Å². The molecule has 0 N–H and O–H groups in total. The van der Waals surface area contributed by atoms with Crippen LogP contribution in [0.4, 0.5) is 0 Å². The fourth-order valence-corrected chi connectivity index (χ4v) is 9.05. The Morgan fingerprint density at radius 3 is 0.840 bits per heavy atom. The van der Waals surface area contributed by atoms with Crippen molar-refractivity contribution in [2.24, 2.45) is 0 Å². The molecule has 0 aromatic carbocycles.